The molecule has 0 bridgehead atoms. The van der Waals surface area contributed by atoms with Crippen LogP contribution >= 0.6 is 0 Å². The number of carboxylic acid groups (broad SMARTS) is 1. The number of rotatable bonds is 3. The molecule has 5 nitrogen and oxygen atoms in total. The zero-order valence-corrected chi connectivity index (χ0v) is 15.0. The fourth-order valence-electron chi connectivity index (χ4n) is 3.91. The maximum Gasteiger partial charge on any atom is 0.308 e. The molecular weight excluding hydrogens is 340 g/mol. The predicted octanol–water partition coefficient (Wildman–Crippen LogP) is 3.48. The Hall–Kier alpha value is -3.21. The average molecular weight is 360 g/mol. The van der Waals surface area contributed by atoms with Gasteiger partial charge in [0.25, 0.3) is 5.91 Å². The number of hydrogen-bond acceptors (Lipinski definition) is 3. The van der Waals surface area contributed by atoms with Gasteiger partial charge in [0.1, 0.15) is 0 Å². The van der Waals surface area contributed by atoms with E-state index in [9.17, 15) is 14.7 Å². The van der Waals surface area contributed by atoms with Gasteiger partial charge in [-0.15, -0.1) is 0 Å². The van der Waals surface area contributed by atoms with Crippen LogP contribution in [0.5, 0.6) is 0 Å². The third kappa shape index (κ3) is 3.16. The van der Waals surface area contributed by atoms with Crippen molar-refractivity contribution >= 4 is 22.8 Å². The van der Waals surface area contributed by atoms with Crippen molar-refractivity contribution in [1.29, 1.82) is 0 Å². The fourth-order valence-corrected chi connectivity index (χ4v) is 3.91. The second-order valence-electron chi connectivity index (χ2n) is 7.03. The molecule has 1 N–H and O–H groups in total. The predicted molar refractivity (Wildman–Crippen MR) is 103 cm³/mol. The molecule has 1 saturated heterocycles. The molecule has 5 heteroatoms. The van der Waals surface area contributed by atoms with Crippen LogP contribution in [-0.4, -0.2) is 40.0 Å². The van der Waals surface area contributed by atoms with Gasteiger partial charge in [-0.05, 0) is 30.2 Å². The van der Waals surface area contributed by atoms with Gasteiger partial charge < -0.3 is 10.0 Å². The van der Waals surface area contributed by atoms with Gasteiger partial charge in [-0.2, -0.15) is 0 Å². The number of amides is 1. The smallest absolute Gasteiger partial charge is 0.308 e. The first-order valence-electron chi connectivity index (χ1n) is 8.97. The number of carbonyl (C=O) groups excluding carboxylic acids is 1. The van der Waals surface area contributed by atoms with Gasteiger partial charge in [-0.3, -0.25) is 14.6 Å². The minimum Gasteiger partial charge on any atom is -0.481 e. The van der Waals surface area contributed by atoms with Crippen LogP contribution in [0.3, 0.4) is 0 Å². The van der Waals surface area contributed by atoms with Crippen LogP contribution < -0.4 is 0 Å². The van der Waals surface area contributed by atoms with Crippen molar-refractivity contribution in [2.45, 2.75) is 12.8 Å². The number of aromatic nitrogens is 1. The van der Waals surface area contributed by atoms with E-state index in [1.54, 1.807) is 11.1 Å². The number of benzene rings is 2. The van der Waals surface area contributed by atoms with Gasteiger partial charge in [-0.1, -0.05) is 42.5 Å². The lowest BCUT2D eigenvalue weighted by atomic mass is 9.86. The van der Waals surface area contributed by atoms with Gasteiger partial charge in [0, 0.05) is 30.6 Å². The summed E-state index contributed by atoms with van der Waals surface area (Å²) in [6, 6.07) is 17.2. The zero-order valence-electron chi connectivity index (χ0n) is 15.0. The van der Waals surface area contributed by atoms with E-state index in [4.69, 9.17) is 0 Å². The first-order chi connectivity index (χ1) is 13.0. The lowest BCUT2D eigenvalue weighted by Crippen LogP contribution is -2.30. The summed E-state index contributed by atoms with van der Waals surface area (Å²) in [4.78, 5) is 30.8. The van der Waals surface area contributed by atoms with Crippen LogP contribution in [0.25, 0.3) is 10.9 Å². The first kappa shape index (κ1) is 17.2. The third-order valence-electron chi connectivity index (χ3n) is 5.35. The molecule has 27 heavy (non-hydrogen) atoms. The Kier molecular flexibility index (Phi) is 4.36. The summed E-state index contributed by atoms with van der Waals surface area (Å²) in [6.45, 7) is 2.58. The molecule has 2 aromatic carbocycles. The molecule has 4 rings (SSSR count). The highest BCUT2D eigenvalue weighted by Crippen LogP contribution is 2.35. The maximum atomic E-state index is 13.0. The number of carbonyl (C=O) groups is 2. The number of likely N-dealkylation sites (tertiary alicyclic amines) is 1. The average Bonchev–Trinajstić information content (AvgIpc) is 3.13. The van der Waals surface area contributed by atoms with Crippen LogP contribution in [0.1, 0.15) is 27.4 Å². The second kappa shape index (κ2) is 6.83. The van der Waals surface area contributed by atoms with Crippen molar-refractivity contribution in [3.63, 3.8) is 0 Å². The van der Waals surface area contributed by atoms with Crippen molar-refractivity contribution in [3.8, 4) is 0 Å². The minimum atomic E-state index is -0.866. The van der Waals surface area contributed by atoms with Crippen molar-refractivity contribution in [2.24, 2.45) is 5.92 Å². The number of para-hydroxylation sites is 1. The van der Waals surface area contributed by atoms with E-state index in [1.807, 2.05) is 61.5 Å². The molecule has 1 aromatic heterocycles. The minimum absolute atomic E-state index is 0.171. The standard InChI is InChI=1S/C22H20N2O3/c1-14-6-2-4-8-17(14)18-12-24(13-19(18)22(26)27)21(25)16-10-15-7-3-5-9-20(15)23-11-16/h2-11,18-19H,12-13H2,1H3,(H,26,27)/t18-,19+/m0/s1. The molecule has 136 valence electrons. The van der Waals surface area contributed by atoms with Crippen LogP contribution in [0.4, 0.5) is 0 Å². The quantitative estimate of drug-likeness (QED) is 0.776. The topological polar surface area (TPSA) is 70.5 Å². The molecule has 0 saturated carbocycles. The van der Waals surface area contributed by atoms with Gasteiger partial charge in [-0.25, -0.2) is 0 Å². The molecule has 1 fully saturated rings. The number of fused-ring (bicyclic) bond motifs is 1. The lowest BCUT2D eigenvalue weighted by Gasteiger charge is -2.18. The van der Waals surface area contributed by atoms with Gasteiger partial charge in [0.05, 0.1) is 17.0 Å². The van der Waals surface area contributed by atoms with E-state index in [0.717, 1.165) is 22.0 Å². The van der Waals surface area contributed by atoms with E-state index in [2.05, 4.69) is 4.98 Å². The number of aryl methyl sites for hydroxylation is 1. The summed E-state index contributed by atoms with van der Waals surface area (Å²) >= 11 is 0. The number of aliphatic carboxylic acids is 1. The van der Waals surface area contributed by atoms with Crippen molar-refractivity contribution in [3.05, 3.63) is 77.5 Å². The van der Waals surface area contributed by atoms with Crippen LogP contribution in [0.2, 0.25) is 0 Å². The summed E-state index contributed by atoms with van der Waals surface area (Å²) < 4.78 is 0. The molecule has 3 aromatic rings. The Morgan fingerprint density at radius 2 is 1.81 bits per heavy atom. The molecule has 0 unspecified atom stereocenters. The lowest BCUT2D eigenvalue weighted by molar-refractivity contribution is -0.141. The molecule has 0 radical (unpaired) electrons. The van der Waals surface area contributed by atoms with E-state index < -0.39 is 11.9 Å². The summed E-state index contributed by atoms with van der Waals surface area (Å²) in [5, 5.41) is 10.6. The van der Waals surface area contributed by atoms with Crippen LogP contribution in [-0.2, 0) is 4.79 Å². The summed E-state index contributed by atoms with van der Waals surface area (Å²) in [6.07, 6.45) is 1.57. The van der Waals surface area contributed by atoms with E-state index in [-0.39, 0.29) is 18.4 Å². The third-order valence-corrected chi connectivity index (χ3v) is 5.35. The molecular formula is C22H20N2O3. The number of nitrogens with zero attached hydrogens (tertiary/aromatic N) is 2. The van der Waals surface area contributed by atoms with E-state index in [0.29, 0.717) is 12.1 Å². The second-order valence-corrected chi connectivity index (χ2v) is 7.03. The molecule has 1 aliphatic rings. The number of pyridine rings is 1. The highest BCUT2D eigenvalue weighted by atomic mass is 16.4. The molecule has 2 heterocycles. The summed E-state index contributed by atoms with van der Waals surface area (Å²) in [5.41, 5.74) is 3.37. The Labute approximate surface area is 157 Å². The molecule has 1 amide bonds. The Morgan fingerprint density at radius 3 is 2.59 bits per heavy atom. The largest absolute Gasteiger partial charge is 0.481 e. The van der Waals surface area contributed by atoms with Gasteiger partial charge in [0.2, 0.25) is 0 Å². The van der Waals surface area contributed by atoms with Crippen molar-refractivity contribution in [2.75, 3.05) is 13.1 Å². The first-order valence-corrected chi connectivity index (χ1v) is 8.97. The van der Waals surface area contributed by atoms with Crippen molar-refractivity contribution in [1.82, 2.24) is 9.88 Å². The maximum absolute atomic E-state index is 13.0. The van der Waals surface area contributed by atoms with Crippen molar-refractivity contribution < 1.29 is 14.7 Å². The Bertz CT molecular complexity index is 1030. The van der Waals surface area contributed by atoms with Crippen LogP contribution in [0.15, 0.2) is 60.8 Å². The van der Waals surface area contributed by atoms with E-state index >= 15 is 0 Å². The Morgan fingerprint density at radius 1 is 1.07 bits per heavy atom. The molecule has 2 atom stereocenters. The highest BCUT2D eigenvalue weighted by Gasteiger charge is 2.41. The number of hydrogen-bond donors (Lipinski definition) is 1. The zero-order chi connectivity index (χ0) is 19.0. The van der Waals surface area contributed by atoms with Gasteiger partial charge >= 0.3 is 5.97 Å². The SMILES string of the molecule is Cc1ccccc1[C@@H]1CN(C(=O)c2cnc3ccccc3c2)C[C@H]1C(=O)O. The van der Waals surface area contributed by atoms with Gasteiger partial charge in [0.15, 0.2) is 0 Å². The Balaban J connectivity index is 1.64. The molecule has 0 aliphatic carbocycles. The number of carboxylic acids is 1. The monoisotopic (exact) mass is 360 g/mol. The highest BCUT2D eigenvalue weighted by molar-refractivity contribution is 5.97. The molecule has 1 aliphatic heterocycles. The summed E-state index contributed by atoms with van der Waals surface area (Å²) in [5.74, 6) is -1.85. The molecule has 0 spiro atoms. The summed E-state index contributed by atoms with van der Waals surface area (Å²) in [7, 11) is 0. The van der Waals surface area contributed by atoms with E-state index in [1.165, 1.54) is 0 Å². The fraction of sp³-hybridized carbons (Fsp3) is 0.227. The normalized spacial score (nSPS) is 19.4. The van der Waals surface area contributed by atoms with Crippen LogP contribution in [0, 0.1) is 12.8 Å².